The lowest BCUT2D eigenvalue weighted by Crippen LogP contribution is -2.45. The van der Waals surface area contributed by atoms with Crippen molar-refractivity contribution in [2.75, 3.05) is 25.1 Å². The maximum absolute atomic E-state index is 11.5. The first-order valence-electron chi connectivity index (χ1n) is 9.91. The van der Waals surface area contributed by atoms with Gasteiger partial charge in [-0.25, -0.2) is 8.42 Å². The van der Waals surface area contributed by atoms with Crippen LogP contribution in [0.15, 0.2) is 29.3 Å². The maximum atomic E-state index is 11.5. The number of nitrogens with one attached hydrogen (secondary N) is 2. The fourth-order valence-electron chi connectivity index (χ4n) is 3.25. The molecule has 29 heavy (non-hydrogen) atoms. The summed E-state index contributed by atoms with van der Waals surface area (Å²) in [7, 11) is -2.97. The van der Waals surface area contributed by atoms with Crippen LogP contribution in [0.2, 0.25) is 0 Å². The quantitative estimate of drug-likeness (QED) is 0.313. The average Bonchev–Trinajstić information content (AvgIpc) is 2.57. The second-order valence-corrected chi connectivity index (χ2v) is 11.3. The molecule has 1 aliphatic heterocycles. The molecular weight excluding hydrogens is 501 g/mol. The highest BCUT2D eigenvalue weighted by atomic mass is 127. The van der Waals surface area contributed by atoms with Crippen molar-refractivity contribution in [3.63, 3.8) is 0 Å². The first-order valence-corrected chi connectivity index (χ1v) is 12.0. The molecule has 0 aromatic heterocycles. The molecule has 1 aromatic carbocycles. The van der Waals surface area contributed by atoms with Crippen LogP contribution in [-0.4, -0.2) is 45.1 Å². The van der Waals surface area contributed by atoms with E-state index in [1.807, 2.05) is 25.1 Å². The lowest BCUT2D eigenvalue weighted by atomic mass is 9.89. The van der Waals surface area contributed by atoms with Crippen molar-refractivity contribution in [3.05, 3.63) is 29.8 Å². The van der Waals surface area contributed by atoms with E-state index in [2.05, 4.69) is 44.4 Å². The van der Waals surface area contributed by atoms with Crippen molar-refractivity contribution >= 4 is 39.8 Å². The molecule has 0 amide bonds. The van der Waals surface area contributed by atoms with Crippen LogP contribution in [0.4, 0.5) is 0 Å². The zero-order valence-electron chi connectivity index (χ0n) is 18.4. The molecule has 1 atom stereocenters. The van der Waals surface area contributed by atoms with Gasteiger partial charge >= 0.3 is 0 Å². The Morgan fingerprint density at radius 2 is 1.97 bits per heavy atom. The van der Waals surface area contributed by atoms with Crippen molar-refractivity contribution in [1.29, 1.82) is 0 Å². The molecule has 6 nitrogen and oxygen atoms in total. The Balaban J connectivity index is 0.00000420. The minimum absolute atomic E-state index is 0. The SMILES string of the molecule is CCNC(=NCC(C)(C)CCS(C)(=O)=O)NC1CC(C)(C)Oc2ccccc21.I. The van der Waals surface area contributed by atoms with Gasteiger partial charge in [-0.15, -0.1) is 24.0 Å². The summed E-state index contributed by atoms with van der Waals surface area (Å²) >= 11 is 0. The van der Waals surface area contributed by atoms with Crippen LogP contribution in [0.5, 0.6) is 5.75 Å². The number of para-hydroxylation sites is 1. The molecule has 1 aromatic rings. The second-order valence-electron chi connectivity index (χ2n) is 9.04. The van der Waals surface area contributed by atoms with Gasteiger partial charge in [0.15, 0.2) is 5.96 Å². The molecule has 166 valence electrons. The molecule has 0 spiro atoms. The monoisotopic (exact) mass is 537 g/mol. The summed E-state index contributed by atoms with van der Waals surface area (Å²) in [5, 5.41) is 6.87. The number of halogens is 1. The number of sulfone groups is 1. The Hall–Kier alpha value is -1.03. The third kappa shape index (κ3) is 8.70. The zero-order chi connectivity index (χ0) is 21.0. The highest BCUT2D eigenvalue weighted by Gasteiger charge is 2.34. The van der Waals surface area contributed by atoms with E-state index in [0.29, 0.717) is 13.0 Å². The van der Waals surface area contributed by atoms with Crippen LogP contribution in [-0.2, 0) is 9.84 Å². The lowest BCUT2D eigenvalue weighted by molar-refractivity contribution is 0.0694. The van der Waals surface area contributed by atoms with Crippen LogP contribution in [0.1, 0.15) is 59.1 Å². The van der Waals surface area contributed by atoms with Crippen molar-refractivity contribution in [3.8, 4) is 5.75 Å². The van der Waals surface area contributed by atoms with Gasteiger partial charge in [-0.2, -0.15) is 0 Å². The van der Waals surface area contributed by atoms with E-state index in [4.69, 9.17) is 9.73 Å². The van der Waals surface area contributed by atoms with Crippen molar-refractivity contribution in [2.24, 2.45) is 10.4 Å². The Morgan fingerprint density at radius 1 is 1.31 bits per heavy atom. The lowest BCUT2D eigenvalue weighted by Gasteiger charge is -2.38. The minimum Gasteiger partial charge on any atom is -0.487 e. The van der Waals surface area contributed by atoms with E-state index in [1.165, 1.54) is 6.26 Å². The first-order chi connectivity index (χ1) is 12.9. The summed E-state index contributed by atoms with van der Waals surface area (Å²) in [5.41, 5.74) is 0.667. The van der Waals surface area contributed by atoms with Gasteiger partial charge in [-0.3, -0.25) is 4.99 Å². The van der Waals surface area contributed by atoms with E-state index in [0.717, 1.165) is 30.2 Å². The highest BCUT2D eigenvalue weighted by molar-refractivity contribution is 14.0. The number of fused-ring (bicyclic) bond motifs is 1. The Bertz CT molecular complexity index is 807. The van der Waals surface area contributed by atoms with Gasteiger partial charge in [0, 0.05) is 31.3 Å². The third-order valence-electron chi connectivity index (χ3n) is 4.85. The Labute approximate surface area is 193 Å². The van der Waals surface area contributed by atoms with Crippen LogP contribution >= 0.6 is 24.0 Å². The van der Waals surface area contributed by atoms with Crippen LogP contribution < -0.4 is 15.4 Å². The summed E-state index contributed by atoms with van der Waals surface area (Å²) in [6.07, 6.45) is 2.69. The van der Waals surface area contributed by atoms with Crippen LogP contribution in [0.25, 0.3) is 0 Å². The molecule has 0 saturated heterocycles. The number of ether oxygens (including phenoxy) is 1. The predicted octanol–water partition coefficient (Wildman–Crippen LogP) is 3.92. The van der Waals surface area contributed by atoms with Gasteiger partial charge in [-0.05, 0) is 38.7 Å². The van der Waals surface area contributed by atoms with Crippen molar-refractivity contribution < 1.29 is 13.2 Å². The molecule has 2 N–H and O–H groups in total. The van der Waals surface area contributed by atoms with Gasteiger partial charge in [0.05, 0.1) is 11.8 Å². The fourth-order valence-corrected chi connectivity index (χ4v) is 4.17. The number of hydrogen-bond donors (Lipinski definition) is 2. The smallest absolute Gasteiger partial charge is 0.191 e. The standard InChI is InChI=1S/C21H35N3O3S.HI/c1-7-22-19(23-15-20(2,3)12-13-28(6,25)26)24-17-14-21(4,5)27-18-11-9-8-10-16(17)18;/h8-11,17H,7,12-15H2,1-6H3,(H2,22,23,24);1H. The van der Waals surface area contributed by atoms with Crippen LogP contribution in [0, 0.1) is 5.41 Å². The molecule has 0 aliphatic carbocycles. The first kappa shape index (κ1) is 26.0. The van der Waals surface area contributed by atoms with Gasteiger partial charge in [0.1, 0.15) is 21.2 Å². The number of rotatable bonds is 7. The van der Waals surface area contributed by atoms with E-state index < -0.39 is 9.84 Å². The van der Waals surface area contributed by atoms with E-state index in [-0.39, 0.29) is 46.8 Å². The summed E-state index contributed by atoms with van der Waals surface area (Å²) < 4.78 is 29.1. The number of hydrogen-bond acceptors (Lipinski definition) is 4. The Kier molecular flexibility index (Phi) is 9.26. The summed E-state index contributed by atoms with van der Waals surface area (Å²) in [6, 6.07) is 8.19. The van der Waals surface area contributed by atoms with Crippen molar-refractivity contribution in [2.45, 2.75) is 59.1 Å². The van der Waals surface area contributed by atoms with Gasteiger partial charge < -0.3 is 15.4 Å². The van der Waals surface area contributed by atoms with Crippen LogP contribution in [0.3, 0.4) is 0 Å². The van der Waals surface area contributed by atoms with Gasteiger partial charge in [0.25, 0.3) is 0 Å². The highest BCUT2D eigenvalue weighted by Crippen LogP contribution is 2.39. The number of nitrogens with zero attached hydrogens (tertiary/aromatic N) is 1. The Morgan fingerprint density at radius 3 is 2.59 bits per heavy atom. The van der Waals surface area contributed by atoms with E-state index in [9.17, 15) is 8.42 Å². The third-order valence-corrected chi connectivity index (χ3v) is 5.79. The topological polar surface area (TPSA) is 79.8 Å². The number of guanidine groups is 1. The van der Waals surface area contributed by atoms with Gasteiger partial charge in [-0.1, -0.05) is 32.0 Å². The van der Waals surface area contributed by atoms with Crippen molar-refractivity contribution in [1.82, 2.24) is 10.6 Å². The molecule has 1 unspecified atom stereocenters. The maximum Gasteiger partial charge on any atom is 0.191 e. The summed E-state index contributed by atoms with van der Waals surface area (Å²) in [4.78, 5) is 4.76. The molecule has 0 fully saturated rings. The molecule has 1 aliphatic rings. The second kappa shape index (κ2) is 10.3. The molecular formula is C21H36IN3O3S. The molecule has 1 heterocycles. The summed E-state index contributed by atoms with van der Waals surface area (Å²) in [6.45, 7) is 11.6. The minimum atomic E-state index is -2.97. The number of aliphatic imine (C=N–C) groups is 1. The number of benzene rings is 1. The summed E-state index contributed by atoms with van der Waals surface area (Å²) in [5.74, 6) is 1.83. The van der Waals surface area contributed by atoms with Gasteiger partial charge in [0.2, 0.25) is 0 Å². The molecule has 2 rings (SSSR count). The zero-order valence-corrected chi connectivity index (χ0v) is 21.6. The molecule has 8 heteroatoms. The largest absolute Gasteiger partial charge is 0.487 e. The predicted molar refractivity (Wildman–Crippen MR) is 131 cm³/mol. The molecule has 0 saturated carbocycles. The molecule has 0 radical (unpaired) electrons. The normalized spacial score (nSPS) is 18.8. The van der Waals surface area contributed by atoms with E-state index in [1.54, 1.807) is 0 Å². The fraction of sp³-hybridized carbons (Fsp3) is 0.667. The average molecular weight is 538 g/mol. The molecule has 0 bridgehead atoms. The van der Waals surface area contributed by atoms with E-state index >= 15 is 0 Å².